The van der Waals surface area contributed by atoms with Gasteiger partial charge in [-0.15, -0.1) is 0 Å². The monoisotopic (exact) mass is 386 g/mol. The molecule has 0 amide bonds. The number of hydrogen-bond donors (Lipinski definition) is 0. The van der Waals surface area contributed by atoms with Crippen molar-refractivity contribution in [2.45, 2.75) is 97.4 Å². The van der Waals surface area contributed by atoms with Gasteiger partial charge < -0.3 is 9.16 Å². The zero-order chi connectivity index (χ0) is 19.8. The number of fused-ring (bicyclic) bond motifs is 3. The normalized spacial score (nSPS) is 23.7. The first-order valence-electron chi connectivity index (χ1n) is 10.8. The van der Waals surface area contributed by atoms with Crippen LogP contribution in [0.5, 0.6) is 11.5 Å². The fourth-order valence-electron chi connectivity index (χ4n) is 4.70. The first-order chi connectivity index (χ1) is 12.6. The summed E-state index contributed by atoms with van der Waals surface area (Å²) in [5.74, 6) is 3.08. The first-order valence-corrected chi connectivity index (χ1v) is 14.2. The number of ether oxygens (including phenoxy) is 1. The van der Waals surface area contributed by atoms with Crippen LogP contribution in [0.1, 0.15) is 76.8 Å². The molecule has 3 heteroatoms. The van der Waals surface area contributed by atoms with Gasteiger partial charge in [-0.2, -0.15) is 0 Å². The van der Waals surface area contributed by atoms with Gasteiger partial charge in [0.25, 0.3) is 0 Å². The van der Waals surface area contributed by atoms with E-state index in [0.717, 1.165) is 17.9 Å². The molecule has 0 radical (unpaired) electrons. The summed E-state index contributed by atoms with van der Waals surface area (Å²) in [6, 6.07) is 4.63. The topological polar surface area (TPSA) is 18.5 Å². The molecule has 0 spiro atoms. The maximum absolute atomic E-state index is 6.63. The summed E-state index contributed by atoms with van der Waals surface area (Å²) in [5, 5.41) is 0. The van der Waals surface area contributed by atoms with Crippen molar-refractivity contribution >= 4 is 8.32 Å². The second-order valence-corrected chi connectivity index (χ2v) is 14.5. The highest BCUT2D eigenvalue weighted by Gasteiger charge is 2.45. The van der Waals surface area contributed by atoms with Gasteiger partial charge >= 0.3 is 0 Å². The van der Waals surface area contributed by atoms with Gasteiger partial charge in [0.1, 0.15) is 17.1 Å². The van der Waals surface area contributed by atoms with Crippen LogP contribution in [-0.4, -0.2) is 13.9 Å². The zero-order valence-corrected chi connectivity index (χ0v) is 19.4. The summed E-state index contributed by atoms with van der Waals surface area (Å²) in [6.07, 6.45) is 9.74. The molecule has 0 fully saturated rings. The molecule has 0 N–H and O–H groups in total. The Morgan fingerprint density at radius 1 is 1.19 bits per heavy atom. The highest BCUT2D eigenvalue weighted by Crippen LogP contribution is 2.54. The van der Waals surface area contributed by atoms with E-state index in [4.69, 9.17) is 9.16 Å². The van der Waals surface area contributed by atoms with Crippen molar-refractivity contribution in [2.24, 2.45) is 5.92 Å². The summed E-state index contributed by atoms with van der Waals surface area (Å²) in [6.45, 7) is 15.9. The molecule has 2 atom stereocenters. The Hall–Kier alpha value is -1.22. The predicted octanol–water partition coefficient (Wildman–Crippen LogP) is 7.24. The molecule has 0 saturated heterocycles. The third-order valence-electron chi connectivity index (χ3n) is 6.00. The summed E-state index contributed by atoms with van der Waals surface area (Å²) >= 11 is 0. The number of hydrogen-bond acceptors (Lipinski definition) is 2. The Morgan fingerprint density at radius 3 is 2.59 bits per heavy atom. The summed E-state index contributed by atoms with van der Waals surface area (Å²) < 4.78 is 13.3. The molecule has 0 unspecified atom stereocenters. The van der Waals surface area contributed by atoms with Crippen molar-refractivity contribution < 1.29 is 9.16 Å². The predicted molar refractivity (Wildman–Crippen MR) is 118 cm³/mol. The van der Waals surface area contributed by atoms with E-state index in [-0.39, 0.29) is 5.60 Å². The standard InChI is InChI=1S/C24H38O2Si/c1-8-9-10-11-18-15-21-23(22(16-18)26-27(5,6)7)19-14-17(2)12-13-20(19)24(3,4)25-21/h14-16,19-20H,8-13H2,1-7H3/t19-,20+/m1/s1. The lowest BCUT2D eigenvalue weighted by Crippen LogP contribution is -2.45. The van der Waals surface area contributed by atoms with Crippen molar-refractivity contribution in [2.75, 3.05) is 0 Å². The van der Waals surface area contributed by atoms with Crippen LogP contribution < -0.4 is 9.16 Å². The Kier molecular flexibility index (Phi) is 5.81. The molecule has 0 bridgehead atoms. The van der Waals surface area contributed by atoms with Crippen molar-refractivity contribution in [3.63, 3.8) is 0 Å². The van der Waals surface area contributed by atoms with E-state index in [9.17, 15) is 0 Å². The number of aryl methyl sites for hydroxylation is 1. The summed E-state index contributed by atoms with van der Waals surface area (Å²) in [5.41, 5.74) is 4.04. The van der Waals surface area contributed by atoms with Gasteiger partial charge in [-0.05, 0) is 83.8 Å². The molecular formula is C24H38O2Si. The summed E-state index contributed by atoms with van der Waals surface area (Å²) in [7, 11) is -1.70. The molecule has 3 rings (SSSR count). The van der Waals surface area contributed by atoms with E-state index in [1.54, 1.807) is 0 Å². The second kappa shape index (κ2) is 7.65. The van der Waals surface area contributed by atoms with Crippen LogP contribution >= 0.6 is 0 Å². The third kappa shape index (κ3) is 4.61. The minimum Gasteiger partial charge on any atom is -0.544 e. The lowest BCUT2D eigenvalue weighted by Gasteiger charge is -2.47. The van der Waals surface area contributed by atoms with Gasteiger partial charge in [-0.1, -0.05) is 31.4 Å². The van der Waals surface area contributed by atoms with Gasteiger partial charge in [0.05, 0.1) is 0 Å². The number of allylic oxidation sites excluding steroid dienone is 2. The van der Waals surface area contributed by atoms with Crippen LogP contribution in [0.15, 0.2) is 23.8 Å². The van der Waals surface area contributed by atoms with Crippen LogP contribution in [0.25, 0.3) is 0 Å². The molecule has 27 heavy (non-hydrogen) atoms. The highest BCUT2D eigenvalue weighted by molar-refractivity contribution is 6.70. The minimum absolute atomic E-state index is 0.132. The van der Waals surface area contributed by atoms with Crippen LogP contribution in [0.4, 0.5) is 0 Å². The van der Waals surface area contributed by atoms with Gasteiger partial charge in [-0.3, -0.25) is 0 Å². The van der Waals surface area contributed by atoms with E-state index < -0.39 is 8.32 Å². The maximum atomic E-state index is 6.63. The Balaban J connectivity index is 2.09. The van der Waals surface area contributed by atoms with E-state index in [1.165, 1.54) is 48.8 Å². The smallest absolute Gasteiger partial charge is 0.242 e. The molecule has 2 nitrogen and oxygen atoms in total. The Bertz CT molecular complexity index is 712. The first kappa shape index (κ1) is 20.5. The van der Waals surface area contributed by atoms with Gasteiger partial charge in [0.2, 0.25) is 8.32 Å². The van der Waals surface area contributed by atoms with Crippen molar-refractivity contribution in [3.05, 3.63) is 34.9 Å². The Morgan fingerprint density at radius 2 is 1.93 bits per heavy atom. The number of benzene rings is 1. The van der Waals surface area contributed by atoms with Gasteiger partial charge in [-0.25, -0.2) is 0 Å². The quantitative estimate of drug-likeness (QED) is 0.291. The minimum atomic E-state index is -1.70. The van der Waals surface area contributed by atoms with E-state index in [0.29, 0.717) is 11.8 Å². The third-order valence-corrected chi connectivity index (χ3v) is 6.83. The highest BCUT2D eigenvalue weighted by atomic mass is 28.4. The average molecular weight is 387 g/mol. The molecule has 150 valence electrons. The maximum Gasteiger partial charge on any atom is 0.242 e. The molecule has 1 aliphatic carbocycles. The second-order valence-electron chi connectivity index (χ2n) is 10.1. The van der Waals surface area contributed by atoms with Crippen molar-refractivity contribution in [1.29, 1.82) is 0 Å². The van der Waals surface area contributed by atoms with Crippen LogP contribution in [0, 0.1) is 5.92 Å². The molecule has 2 aliphatic rings. The molecule has 0 saturated carbocycles. The van der Waals surface area contributed by atoms with Gasteiger partial charge in [0, 0.05) is 17.4 Å². The van der Waals surface area contributed by atoms with Crippen LogP contribution in [-0.2, 0) is 6.42 Å². The molecule has 1 aromatic rings. The van der Waals surface area contributed by atoms with Crippen molar-refractivity contribution in [3.8, 4) is 11.5 Å². The number of rotatable bonds is 6. The summed E-state index contributed by atoms with van der Waals surface area (Å²) in [4.78, 5) is 0. The van der Waals surface area contributed by atoms with E-state index in [1.807, 2.05) is 0 Å². The SMILES string of the molecule is CCCCCc1cc2c(c(O[Si](C)(C)C)c1)[C@@H]1C=C(C)CC[C@@H]1C(C)(C)O2. The fraction of sp³-hybridized carbons (Fsp3) is 0.667. The average Bonchev–Trinajstić information content (AvgIpc) is 2.52. The van der Waals surface area contributed by atoms with Crippen LogP contribution in [0.3, 0.4) is 0 Å². The zero-order valence-electron chi connectivity index (χ0n) is 18.4. The fourth-order valence-corrected chi connectivity index (χ4v) is 5.53. The van der Waals surface area contributed by atoms with E-state index in [2.05, 4.69) is 65.5 Å². The molecule has 1 heterocycles. The molecule has 1 aliphatic heterocycles. The van der Waals surface area contributed by atoms with Crippen LogP contribution in [0.2, 0.25) is 19.6 Å². The molecule has 1 aromatic carbocycles. The lowest BCUT2D eigenvalue weighted by atomic mass is 9.68. The Labute approximate surface area is 167 Å². The largest absolute Gasteiger partial charge is 0.544 e. The van der Waals surface area contributed by atoms with E-state index >= 15 is 0 Å². The van der Waals surface area contributed by atoms with Crippen molar-refractivity contribution in [1.82, 2.24) is 0 Å². The van der Waals surface area contributed by atoms with Gasteiger partial charge in [0.15, 0.2) is 0 Å². The number of unbranched alkanes of at least 4 members (excludes halogenated alkanes) is 2. The lowest BCUT2D eigenvalue weighted by molar-refractivity contribution is 0.0110. The molecular weight excluding hydrogens is 348 g/mol. The molecule has 0 aromatic heterocycles.